The van der Waals surface area contributed by atoms with Crippen LogP contribution in [0.5, 0.6) is 0 Å². The molecule has 1 atom stereocenters. The maximum Gasteiger partial charge on any atom is 0.414 e. The highest BCUT2D eigenvalue weighted by atomic mass is 19.1. The van der Waals surface area contributed by atoms with E-state index in [1.54, 1.807) is 18.2 Å². The van der Waals surface area contributed by atoms with Crippen LogP contribution < -0.4 is 20.9 Å². The third kappa shape index (κ3) is 5.63. The Morgan fingerprint density at radius 3 is 2.56 bits per heavy atom. The number of benzene rings is 1. The number of nitrogens with one attached hydrogen (secondary N) is 3. The van der Waals surface area contributed by atoms with Gasteiger partial charge in [-0.1, -0.05) is 6.07 Å². The summed E-state index contributed by atoms with van der Waals surface area (Å²) in [6.07, 6.45) is 1.43. The molecule has 0 radical (unpaired) electrons. The lowest BCUT2D eigenvalue weighted by molar-refractivity contribution is -0.119. The van der Waals surface area contributed by atoms with Gasteiger partial charge in [0.2, 0.25) is 11.8 Å². The van der Waals surface area contributed by atoms with Gasteiger partial charge in [-0.05, 0) is 30.3 Å². The van der Waals surface area contributed by atoms with E-state index in [4.69, 9.17) is 4.74 Å². The molecule has 36 heavy (non-hydrogen) atoms. The fraction of sp³-hybridized carbons (Fsp3) is 0.217. The molecule has 3 N–H and O–H groups in total. The lowest BCUT2D eigenvalue weighted by atomic mass is 10.2. The number of nitrogens with zero attached hydrogens (tertiary/aromatic N) is 4. The van der Waals surface area contributed by atoms with Gasteiger partial charge in [-0.15, -0.1) is 0 Å². The lowest BCUT2D eigenvalue weighted by Crippen LogP contribution is -2.33. The van der Waals surface area contributed by atoms with Gasteiger partial charge in [0.15, 0.2) is 0 Å². The molecule has 1 aliphatic rings. The maximum absolute atomic E-state index is 14.9. The van der Waals surface area contributed by atoms with Crippen molar-refractivity contribution in [1.29, 1.82) is 0 Å². The van der Waals surface area contributed by atoms with Gasteiger partial charge in [0, 0.05) is 20.0 Å². The number of ether oxygens (including phenoxy) is 1. The van der Waals surface area contributed by atoms with Crippen LogP contribution in [0.1, 0.15) is 24.3 Å². The predicted octanol–water partition coefficient (Wildman–Crippen LogP) is 2.08. The van der Waals surface area contributed by atoms with Gasteiger partial charge in [0.1, 0.15) is 35.6 Å². The molecule has 1 aliphatic heterocycles. The molecule has 0 spiro atoms. The number of halogens is 1. The van der Waals surface area contributed by atoms with Crippen molar-refractivity contribution in [2.45, 2.75) is 20.0 Å². The molecule has 13 heteroatoms. The zero-order chi connectivity index (χ0) is 25.8. The molecule has 4 rings (SSSR count). The zero-order valence-corrected chi connectivity index (χ0v) is 19.3. The zero-order valence-electron chi connectivity index (χ0n) is 19.3. The number of carbonyl (C=O) groups is 4. The third-order valence-corrected chi connectivity index (χ3v) is 5.08. The van der Waals surface area contributed by atoms with Crippen molar-refractivity contribution < 1.29 is 28.3 Å². The van der Waals surface area contributed by atoms with E-state index < -0.39 is 23.9 Å². The van der Waals surface area contributed by atoms with Crippen molar-refractivity contribution in [2.24, 2.45) is 0 Å². The van der Waals surface area contributed by atoms with E-state index in [1.807, 2.05) is 0 Å². The van der Waals surface area contributed by atoms with E-state index in [2.05, 4.69) is 25.9 Å². The van der Waals surface area contributed by atoms with E-state index >= 15 is 0 Å². The first-order valence-electron chi connectivity index (χ1n) is 10.8. The van der Waals surface area contributed by atoms with Gasteiger partial charge in [-0.3, -0.25) is 19.3 Å². The Hall–Kier alpha value is -4.81. The number of carbonyl (C=O) groups excluding carboxylic acids is 4. The number of amides is 4. The van der Waals surface area contributed by atoms with Crippen LogP contribution in [0.25, 0.3) is 5.69 Å². The van der Waals surface area contributed by atoms with Gasteiger partial charge >= 0.3 is 6.09 Å². The maximum atomic E-state index is 14.9. The third-order valence-electron chi connectivity index (χ3n) is 5.08. The first-order chi connectivity index (χ1) is 17.2. The lowest BCUT2D eigenvalue weighted by Gasteiger charge is -2.14. The second-order valence-corrected chi connectivity index (χ2v) is 7.90. The summed E-state index contributed by atoms with van der Waals surface area (Å²) < 4.78 is 21.5. The molecule has 0 saturated carbocycles. The molecule has 1 aromatic carbocycles. The minimum absolute atomic E-state index is 0.00846. The van der Waals surface area contributed by atoms with Gasteiger partial charge in [-0.2, -0.15) is 0 Å². The summed E-state index contributed by atoms with van der Waals surface area (Å²) in [4.78, 5) is 56.4. The highest BCUT2D eigenvalue weighted by molar-refractivity contribution is 6.02. The predicted molar refractivity (Wildman–Crippen MR) is 126 cm³/mol. The Labute approximate surface area is 204 Å². The summed E-state index contributed by atoms with van der Waals surface area (Å²) in [5, 5.41) is 7.67. The Bertz CT molecular complexity index is 1340. The van der Waals surface area contributed by atoms with Gasteiger partial charge in [0.25, 0.3) is 5.91 Å². The number of aromatic nitrogens is 3. The molecule has 0 bridgehead atoms. The van der Waals surface area contributed by atoms with Crippen LogP contribution in [-0.2, 0) is 14.3 Å². The van der Waals surface area contributed by atoms with E-state index in [0.29, 0.717) is 0 Å². The van der Waals surface area contributed by atoms with Gasteiger partial charge in [0.05, 0.1) is 24.5 Å². The van der Waals surface area contributed by atoms with Gasteiger partial charge < -0.3 is 25.3 Å². The summed E-state index contributed by atoms with van der Waals surface area (Å²) in [7, 11) is 0. The monoisotopic (exact) mass is 495 g/mol. The number of anilines is 3. The first kappa shape index (κ1) is 24.3. The van der Waals surface area contributed by atoms with E-state index in [-0.39, 0.29) is 53.6 Å². The number of hydrogen-bond donors (Lipinski definition) is 3. The molecule has 2 aromatic heterocycles. The van der Waals surface area contributed by atoms with Gasteiger partial charge in [-0.25, -0.2) is 19.2 Å². The van der Waals surface area contributed by atoms with E-state index in [0.717, 1.165) is 0 Å². The second kappa shape index (κ2) is 10.2. The summed E-state index contributed by atoms with van der Waals surface area (Å²) in [6, 6.07) is 8.89. The SMILES string of the molecule is CC(=O)NC[C@H]1CN(c2ccc(-n3cnc(C(=O)Nc4cccc(NC(C)=O)n4)c3)c(F)c2)C(=O)O1. The first-order valence-corrected chi connectivity index (χ1v) is 10.8. The van der Waals surface area contributed by atoms with E-state index in [1.165, 1.54) is 54.0 Å². The van der Waals surface area contributed by atoms with E-state index in [9.17, 15) is 23.6 Å². The Morgan fingerprint density at radius 1 is 1.11 bits per heavy atom. The van der Waals surface area contributed by atoms with Crippen molar-refractivity contribution in [3.8, 4) is 5.69 Å². The number of imidazole rings is 1. The number of cyclic esters (lactones) is 1. The summed E-state index contributed by atoms with van der Waals surface area (Å²) in [6.45, 7) is 3.01. The topological polar surface area (TPSA) is 148 Å². The fourth-order valence-corrected chi connectivity index (χ4v) is 3.48. The minimum Gasteiger partial charge on any atom is -0.442 e. The van der Waals surface area contributed by atoms with Crippen molar-refractivity contribution >= 4 is 41.1 Å². The Morgan fingerprint density at radius 2 is 1.86 bits per heavy atom. The average molecular weight is 495 g/mol. The number of pyridine rings is 1. The molecule has 1 saturated heterocycles. The second-order valence-electron chi connectivity index (χ2n) is 7.90. The van der Waals surface area contributed by atoms with Crippen LogP contribution >= 0.6 is 0 Å². The van der Waals surface area contributed by atoms with Crippen LogP contribution in [0.15, 0.2) is 48.9 Å². The highest BCUT2D eigenvalue weighted by Gasteiger charge is 2.32. The molecule has 0 unspecified atom stereocenters. The summed E-state index contributed by atoms with van der Waals surface area (Å²) in [5.74, 6) is -1.31. The minimum atomic E-state index is -0.653. The summed E-state index contributed by atoms with van der Waals surface area (Å²) in [5.41, 5.74) is 0.405. The van der Waals surface area contributed by atoms with Crippen LogP contribution in [0.2, 0.25) is 0 Å². The molecule has 0 aliphatic carbocycles. The summed E-state index contributed by atoms with van der Waals surface area (Å²) >= 11 is 0. The largest absolute Gasteiger partial charge is 0.442 e. The highest BCUT2D eigenvalue weighted by Crippen LogP contribution is 2.25. The fourth-order valence-electron chi connectivity index (χ4n) is 3.48. The molecular weight excluding hydrogens is 473 g/mol. The molecule has 1 fully saturated rings. The molecule has 3 heterocycles. The van der Waals surface area contributed by atoms with Crippen molar-refractivity contribution in [1.82, 2.24) is 19.9 Å². The smallest absolute Gasteiger partial charge is 0.414 e. The quantitative estimate of drug-likeness (QED) is 0.455. The van der Waals surface area contributed by atoms with Crippen LogP contribution in [0, 0.1) is 5.82 Å². The van der Waals surface area contributed by atoms with Crippen LogP contribution in [0.4, 0.5) is 26.5 Å². The van der Waals surface area contributed by atoms with Crippen molar-refractivity contribution in [3.05, 3.63) is 60.4 Å². The van der Waals surface area contributed by atoms with Crippen molar-refractivity contribution in [2.75, 3.05) is 28.6 Å². The molecule has 3 aromatic rings. The molecule has 186 valence electrons. The number of rotatable bonds is 7. The van der Waals surface area contributed by atoms with Crippen LogP contribution in [0.3, 0.4) is 0 Å². The number of hydrogen-bond acceptors (Lipinski definition) is 7. The Kier molecular flexibility index (Phi) is 6.90. The normalized spacial score (nSPS) is 14.8. The molecule has 12 nitrogen and oxygen atoms in total. The van der Waals surface area contributed by atoms with Crippen LogP contribution in [-0.4, -0.2) is 57.5 Å². The standard InChI is InChI=1S/C23H22FN7O5/c1-13(32)25-9-16-10-31(23(35)36-16)15-6-7-19(17(24)8-15)30-11-18(26-12-30)22(34)29-21-5-3-4-20(28-21)27-14(2)33/h3-8,11-12,16H,9-10H2,1-2H3,(H,25,32)(H2,27,28,29,33,34)/t16-/m0/s1. The Balaban J connectivity index is 1.44. The van der Waals surface area contributed by atoms with Crippen molar-refractivity contribution in [3.63, 3.8) is 0 Å². The molecule has 4 amide bonds. The molecular formula is C23H22FN7O5. The average Bonchev–Trinajstić information content (AvgIpc) is 3.44.